The van der Waals surface area contributed by atoms with Crippen molar-refractivity contribution in [2.24, 2.45) is 5.92 Å². The molecule has 0 spiro atoms. The van der Waals surface area contributed by atoms with Gasteiger partial charge in [0.2, 0.25) is 5.91 Å². The normalized spacial score (nSPS) is 21.8. The van der Waals surface area contributed by atoms with Gasteiger partial charge in [0, 0.05) is 6.42 Å². The number of piperidine rings is 1. The van der Waals surface area contributed by atoms with Crippen LogP contribution in [0.1, 0.15) is 39.0 Å². The third-order valence-corrected chi connectivity index (χ3v) is 3.22. The van der Waals surface area contributed by atoms with E-state index in [9.17, 15) is 9.59 Å². The molecule has 2 atom stereocenters. The highest BCUT2D eigenvalue weighted by atomic mass is 16.4. The van der Waals surface area contributed by atoms with Crippen LogP contribution in [-0.2, 0) is 9.59 Å². The number of carboxylic acids is 1. The lowest BCUT2D eigenvalue weighted by Crippen LogP contribution is -2.40. The SMILES string of the molecule is CC[C@@H](NC(=O)CCC1CCCNC1)C(=O)O. The van der Waals surface area contributed by atoms with Crippen molar-refractivity contribution >= 4 is 11.9 Å². The van der Waals surface area contributed by atoms with E-state index >= 15 is 0 Å². The van der Waals surface area contributed by atoms with Crippen LogP contribution in [0.2, 0.25) is 0 Å². The highest BCUT2D eigenvalue weighted by Gasteiger charge is 2.19. The maximum atomic E-state index is 11.6. The Labute approximate surface area is 102 Å². The number of hydrogen-bond donors (Lipinski definition) is 3. The number of nitrogens with one attached hydrogen (secondary N) is 2. The number of carbonyl (C=O) groups is 2. The predicted octanol–water partition coefficient (Wildman–Crippen LogP) is 0.746. The van der Waals surface area contributed by atoms with E-state index in [-0.39, 0.29) is 5.91 Å². The molecule has 1 saturated heterocycles. The van der Waals surface area contributed by atoms with E-state index in [4.69, 9.17) is 5.11 Å². The maximum absolute atomic E-state index is 11.6. The minimum Gasteiger partial charge on any atom is -0.480 e. The van der Waals surface area contributed by atoms with Crippen LogP contribution in [-0.4, -0.2) is 36.1 Å². The first-order valence-electron chi connectivity index (χ1n) is 6.36. The van der Waals surface area contributed by atoms with Gasteiger partial charge in [-0.05, 0) is 44.7 Å². The summed E-state index contributed by atoms with van der Waals surface area (Å²) in [6.45, 7) is 3.80. The molecule has 0 saturated carbocycles. The van der Waals surface area contributed by atoms with Crippen LogP contribution in [0.4, 0.5) is 0 Å². The quantitative estimate of drug-likeness (QED) is 0.642. The summed E-state index contributed by atoms with van der Waals surface area (Å²) in [7, 11) is 0. The number of rotatable bonds is 6. The highest BCUT2D eigenvalue weighted by Crippen LogP contribution is 2.15. The predicted molar refractivity (Wildman–Crippen MR) is 64.7 cm³/mol. The lowest BCUT2D eigenvalue weighted by molar-refractivity contribution is -0.141. The number of amides is 1. The van der Waals surface area contributed by atoms with E-state index in [1.165, 1.54) is 6.42 Å². The second kappa shape index (κ2) is 7.27. The number of aliphatic carboxylic acids is 1. The van der Waals surface area contributed by atoms with Gasteiger partial charge in [-0.15, -0.1) is 0 Å². The topological polar surface area (TPSA) is 78.4 Å². The molecular weight excluding hydrogens is 220 g/mol. The monoisotopic (exact) mass is 242 g/mol. The molecule has 0 aromatic carbocycles. The van der Waals surface area contributed by atoms with Gasteiger partial charge >= 0.3 is 5.97 Å². The zero-order valence-electron chi connectivity index (χ0n) is 10.4. The Bertz CT molecular complexity index is 262. The summed E-state index contributed by atoms with van der Waals surface area (Å²) in [4.78, 5) is 22.3. The van der Waals surface area contributed by atoms with Gasteiger partial charge in [-0.1, -0.05) is 6.92 Å². The summed E-state index contributed by atoms with van der Waals surface area (Å²) in [5.74, 6) is -0.551. The molecule has 17 heavy (non-hydrogen) atoms. The van der Waals surface area contributed by atoms with Crippen LogP contribution in [0.25, 0.3) is 0 Å². The molecule has 1 aliphatic rings. The lowest BCUT2D eigenvalue weighted by Gasteiger charge is -2.22. The molecule has 3 N–H and O–H groups in total. The van der Waals surface area contributed by atoms with Crippen LogP contribution >= 0.6 is 0 Å². The molecule has 1 heterocycles. The van der Waals surface area contributed by atoms with Crippen LogP contribution in [0, 0.1) is 5.92 Å². The first-order chi connectivity index (χ1) is 8.13. The molecule has 0 aliphatic carbocycles. The largest absolute Gasteiger partial charge is 0.480 e. The van der Waals surface area contributed by atoms with Gasteiger partial charge < -0.3 is 15.7 Å². The summed E-state index contributed by atoms with van der Waals surface area (Å²) in [5.41, 5.74) is 0. The first kappa shape index (κ1) is 14.0. The Balaban J connectivity index is 2.21. The fourth-order valence-electron chi connectivity index (χ4n) is 2.11. The summed E-state index contributed by atoms with van der Waals surface area (Å²) in [6, 6.07) is -0.744. The highest BCUT2D eigenvalue weighted by molar-refractivity contribution is 5.83. The van der Waals surface area contributed by atoms with Crippen molar-refractivity contribution in [2.45, 2.75) is 45.1 Å². The molecule has 0 aromatic rings. The van der Waals surface area contributed by atoms with E-state index in [1.54, 1.807) is 6.92 Å². The Hall–Kier alpha value is -1.10. The van der Waals surface area contributed by atoms with Crippen LogP contribution in [0.5, 0.6) is 0 Å². The molecule has 1 aliphatic heterocycles. The fraction of sp³-hybridized carbons (Fsp3) is 0.833. The Morgan fingerprint density at radius 2 is 2.29 bits per heavy atom. The molecule has 1 amide bonds. The zero-order valence-corrected chi connectivity index (χ0v) is 10.4. The lowest BCUT2D eigenvalue weighted by atomic mass is 9.94. The molecule has 5 heteroatoms. The molecule has 0 radical (unpaired) electrons. The third kappa shape index (κ3) is 5.17. The summed E-state index contributed by atoms with van der Waals surface area (Å²) in [6.07, 6.45) is 4.02. The average molecular weight is 242 g/mol. The molecule has 0 bridgehead atoms. The summed E-state index contributed by atoms with van der Waals surface area (Å²) < 4.78 is 0. The van der Waals surface area contributed by atoms with Crippen molar-refractivity contribution in [3.05, 3.63) is 0 Å². The van der Waals surface area contributed by atoms with Crippen molar-refractivity contribution < 1.29 is 14.7 Å². The van der Waals surface area contributed by atoms with Crippen LogP contribution < -0.4 is 10.6 Å². The molecule has 0 aromatic heterocycles. The molecule has 5 nitrogen and oxygen atoms in total. The summed E-state index contributed by atoms with van der Waals surface area (Å²) >= 11 is 0. The van der Waals surface area contributed by atoms with Gasteiger partial charge in [-0.25, -0.2) is 4.79 Å². The Morgan fingerprint density at radius 1 is 1.53 bits per heavy atom. The number of carboxylic acid groups (broad SMARTS) is 1. The molecule has 1 unspecified atom stereocenters. The van der Waals surface area contributed by atoms with Crippen molar-refractivity contribution in [3.63, 3.8) is 0 Å². The van der Waals surface area contributed by atoms with Crippen molar-refractivity contribution in [2.75, 3.05) is 13.1 Å². The van der Waals surface area contributed by atoms with Gasteiger partial charge in [0.15, 0.2) is 0 Å². The zero-order chi connectivity index (χ0) is 12.7. The minimum atomic E-state index is -0.958. The van der Waals surface area contributed by atoms with E-state index in [0.29, 0.717) is 18.8 Å². The first-order valence-corrected chi connectivity index (χ1v) is 6.36. The van der Waals surface area contributed by atoms with Gasteiger partial charge in [0.25, 0.3) is 0 Å². The molecule has 98 valence electrons. The number of hydrogen-bond acceptors (Lipinski definition) is 3. The van der Waals surface area contributed by atoms with Crippen LogP contribution in [0.3, 0.4) is 0 Å². The summed E-state index contributed by atoms with van der Waals surface area (Å²) in [5, 5.41) is 14.7. The molecular formula is C12H22N2O3. The van der Waals surface area contributed by atoms with Crippen molar-refractivity contribution in [1.82, 2.24) is 10.6 Å². The van der Waals surface area contributed by atoms with Crippen molar-refractivity contribution in [3.8, 4) is 0 Å². The van der Waals surface area contributed by atoms with E-state index < -0.39 is 12.0 Å². The second-order valence-corrected chi connectivity index (χ2v) is 4.62. The van der Waals surface area contributed by atoms with Gasteiger partial charge in [-0.2, -0.15) is 0 Å². The Morgan fingerprint density at radius 3 is 2.82 bits per heavy atom. The standard InChI is InChI=1S/C12H22N2O3/c1-2-10(12(16)17)14-11(15)6-5-9-4-3-7-13-8-9/h9-10,13H,2-8H2,1H3,(H,14,15)(H,16,17)/t9?,10-/m1/s1. The van der Waals surface area contributed by atoms with E-state index in [2.05, 4.69) is 10.6 Å². The smallest absolute Gasteiger partial charge is 0.326 e. The van der Waals surface area contributed by atoms with E-state index in [1.807, 2.05) is 0 Å². The van der Waals surface area contributed by atoms with E-state index in [0.717, 1.165) is 25.9 Å². The van der Waals surface area contributed by atoms with Gasteiger partial charge in [-0.3, -0.25) is 4.79 Å². The van der Waals surface area contributed by atoms with Crippen molar-refractivity contribution in [1.29, 1.82) is 0 Å². The van der Waals surface area contributed by atoms with Gasteiger partial charge in [0.1, 0.15) is 6.04 Å². The van der Waals surface area contributed by atoms with Crippen LogP contribution in [0.15, 0.2) is 0 Å². The molecule has 1 fully saturated rings. The average Bonchev–Trinajstić information content (AvgIpc) is 2.34. The second-order valence-electron chi connectivity index (χ2n) is 4.62. The third-order valence-electron chi connectivity index (χ3n) is 3.22. The fourth-order valence-corrected chi connectivity index (χ4v) is 2.11. The minimum absolute atomic E-state index is 0.148. The van der Waals surface area contributed by atoms with Gasteiger partial charge in [0.05, 0.1) is 0 Å². The Kier molecular flexibility index (Phi) is 5.97. The maximum Gasteiger partial charge on any atom is 0.326 e. The number of carbonyl (C=O) groups excluding carboxylic acids is 1. The molecule has 1 rings (SSSR count).